The maximum absolute atomic E-state index is 5.51. The average Bonchev–Trinajstić information content (AvgIpc) is 1.57. The van der Waals surface area contributed by atoms with E-state index in [1.165, 1.54) is 110 Å². The lowest BCUT2D eigenvalue weighted by molar-refractivity contribution is 0.665. The van der Waals surface area contributed by atoms with E-state index in [9.17, 15) is 0 Å². The van der Waals surface area contributed by atoms with Gasteiger partial charge in [-0.05, 0) is 241 Å². The SMILES string of the molecule is C(=C\c1ccc2ccccc2c1)/Cc1ccc2ccccc2c1.Cc1ccc(N(c2ccc(C)cc2)c2cc(-c3c(C)nc(C)c(C4=CC5(C)CC5C(N(c5ccc6ccccc6c5)c5ccc6ccccc6c5)=C4)c3C)cc(N(c3ccc(C)cc3)c3ccc(C)cc3)c2)cc1. The first-order chi connectivity index (χ1) is 47.2. The number of benzene rings is 13. The summed E-state index contributed by atoms with van der Waals surface area (Å²) in [6.45, 7) is 17.8. The first kappa shape index (κ1) is 61.8. The molecule has 0 amide bonds. The van der Waals surface area contributed by atoms with Crippen molar-refractivity contribution in [3.05, 3.63) is 365 Å². The monoisotopic (exact) mass is 1250 g/mol. The van der Waals surface area contributed by atoms with Gasteiger partial charge in [0.1, 0.15) is 0 Å². The van der Waals surface area contributed by atoms with Crippen molar-refractivity contribution in [1.29, 1.82) is 0 Å². The number of pyridine rings is 1. The average molecular weight is 1250 g/mol. The van der Waals surface area contributed by atoms with Crippen molar-refractivity contribution in [3.8, 4) is 11.1 Å². The van der Waals surface area contributed by atoms with E-state index >= 15 is 0 Å². The Labute approximate surface area is 572 Å². The Hall–Kier alpha value is -11.3. The molecular weight excluding hydrogens is 1170 g/mol. The lowest BCUT2D eigenvalue weighted by Crippen LogP contribution is -2.22. The molecule has 0 bridgehead atoms. The van der Waals surface area contributed by atoms with Crippen LogP contribution in [0, 0.1) is 59.8 Å². The summed E-state index contributed by atoms with van der Waals surface area (Å²) in [5.74, 6) is 0.367. The van der Waals surface area contributed by atoms with Gasteiger partial charge in [0.2, 0.25) is 0 Å². The van der Waals surface area contributed by atoms with E-state index in [1.807, 2.05) is 0 Å². The van der Waals surface area contributed by atoms with Gasteiger partial charge in [-0.3, -0.25) is 4.98 Å². The Morgan fingerprint density at radius 2 is 0.763 bits per heavy atom. The second-order valence-electron chi connectivity index (χ2n) is 27.1. The van der Waals surface area contributed by atoms with Gasteiger partial charge >= 0.3 is 0 Å². The molecule has 2 atom stereocenters. The number of hydrogen-bond donors (Lipinski definition) is 0. The Bertz CT molecular complexity index is 5100. The zero-order chi connectivity index (χ0) is 66.3. The van der Waals surface area contributed by atoms with Crippen molar-refractivity contribution in [2.75, 3.05) is 14.7 Å². The van der Waals surface area contributed by atoms with E-state index in [0.717, 1.165) is 69.5 Å². The number of allylic oxidation sites excluding steroid dienone is 5. The van der Waals surface area contributed by atoms with E-state index in [-0.39, 0.29) is 5.41 Å². The molecule has 2 aliphatic carbocycles. The zero-order valence-corrected chi connectivity index (χ0v) is 56.7. The van der Waals surface area contributed by atoms with Gasteiger partial charge in [0.15, 0.2) is 0 Å². The first-order valence-electron chi connectivity index (χ1n) is 34.1. The quantitative estimate of drug-likeness (QED) is 0.108. The number of nitrogens with zero attached hydrogens (tertiary/aromatic N) is 4. The summed E-state index contributed by atoms with van der Waals surface area (Å²) in [5, 5.41) is 10.1. The second kappa shape index (κ2) is 26.1. The zero-order valence-electron chi connectivity index (χ0n) is 56.7. The van der Waals surface area contributed by atoms with Crippen LogP contribution in [0.15, 0.2) is 309 Å². The van der Waals surface area contributed by atoms with Crippen LogP contribution in [0.4, 0.5) is 45.5 Å². The van der Waals surface area contributed by atoms with Crippen molar-refractivity contribution in [2.45, 2.75) is 68.2 Å². The van der Waals surface area contributed by atoms with Gasteiger partial charge in [-0.2, -0.15) is 0 Å². The number of rotatable bonds is 14. The number of anilines is 8. The van der Waals surface area contributed by atoms with Gasteiger partial charge in [0.05, 0.1) is 0 Å². The smallest absolute Gasteiger partial charge is 0.0488 e. The maximum atomic E-state index is 5.51. The third kappa shape index (κ3) is 12.8. The fourth-order valence-electron chi connectivity index (χ4n) is 14.6. The summed E-state index contributed by atoms with van der Waals surface area (Å²) in [7, 11) is 0. The highest BCUT2D eigenvalue weighted by Crippen LogP contribution is 2.63. The van der Waals surface area contributed by atoms with Crippen molar-refractivity contribution < 1.29 is 0 Å². The first-order valence-corrected chi connectivity index (χ1v) is 34.1. The van der Waals surface area contributed by atoms with Crippen molar-refractivity contribution in [1.82, 2.24) is 4.98 Å². The molecule has 4 nitrogen and oxygen atoms in total. The second-order valence-corrected chi connectivity index (χ2v) is 27.1. The maximum Gasteiger partial charge on any atom is 0.0488 e. The topological polar surface area (TPSA) is 22.6 Å². The van der Waals surface area contributed by atoms with E-state index in [4.69, 9.17) is 4.98 Å². The molecule has 472 valence electrons. The normalized spacial score (nSPS) is 14.8. The Kier molecular flexibility index (Phi) is 16.6. The van der Waals surface area contributed by atoms with Crippen LogP contribution in [0.25, 0.3) is 65.9 Å². The third-order valence-corrected chi connectivity index (χ3v) is 19.9. The summed E-state index contributed by atoms with van der Waals surface area (Å²) < 4.78 is 0. The minimum atomic E-state index is -0.00642. The molecule has 0 aliphatic heterocycles. The van der Waals surface area contributed by atoms with Crippen molar-refractivity contribution >= 4 is 100 Å². The van der Waals surface area contributed by atoms with Gasteiger partial charge in [0.25, 0.3) is 0 Å². The number of hydrogen-bond acceptors (Lipinski definition) is 4. The summed E-state index contributed by atoms with van der Waals surface area (Å²) in [6, 6.07) is 104. The van der Waals surface area contributed by atoms with Crippen LogP contribution in [-0.2, 0) is 6.42 Å². The van der Waals surface area contributed by atoms with Gasteiger partial charge in [0, 0.05) is 79.6 Å². The number of fused-ring (bicyclic) bond motifs is 5. The highest BCUT2D eigenvalue weighted by atomic mass is 15.2. The predicted octanol–water partition coefficient (Wildman–Crippen LogP) is 25.5. The fourth-order valence-corrected chi connectivity index (χ4v) is 14.6. The van der Waals surface area contributed by atoms with E-state index in [1.54, 1.807) is 0 Å². The van der Waals surface area contributed by atoms with Crippen molar-refractivity contribution in [2.24, 2.45) is 11.3 Å². The summed E-state index contributed by atoms with van der Waals surface area (Å²) in [4.78, 5) is 12.9. The van der Waals surface area contributed by atoms with Crippen LogP contribution in [0.2, 0.25) is 0 Å². The van der Waals surface area contributed by atoms with Gasteiger partial charge in [-0.15, -0.1) is 0 Å². The highest BCUT2D eigenvalue weighted by Gasteiger charge is 2.54. The van der Waals surface area contributed by atoms with Crippen molar-refractivity contribution in [3.63, 3.8) is 0 Å². The Morgan fingerprint density at radius 3 is 1.23 bits per heavy atom. The van der Waals surface area contributed by atoms with E-state index < -0.39 is 0 Å². The number of aryl methyl sites for hydroxylation is 6. The molecule has 0 N–H and O–H groups in total. The summed E-state index contributed by atoms with van der Waals surface area (Å²) in [6.07, 6.45) is 11.5. The van der Waals surface area contributed by atoms with Gasteiger partial charge in [-0.25, -0.2) is 0 Å². The molecule has 1 fully saturated rings. The highest BCUT2D eigenvalue weighted by molar-refractivity contribution is 5.95. The molecule has 14 aromatic rings. The molecule has 0 radical (unpaired) electrons. The molecule has 97 heavy (non-hydrogen) atoms. The van der Waals surface area contributed by atoms with Gasteiger partial charge < -0.3 is 14.7 Å². The molecule has 13 aromatic carbocycles. The largest absolute Gasteiger partial charge is 0.314 e. The van der Waals surface area contributed by atoms with Crippen LogP contribution in [0.3, 0.4) is 0 Å². The molecular formula is C93H80N4. The minimum Gasteiger partial charge on any atom is -0.314 e. The van der Waals surface area contributed by atoms with Crippen LogP contribution >= 0.6 is 0 Å². The fraction of sp³-hybridized carbons (Fsp3) is 0.129. The van der Waals surface area contributed by atoms with Crippen LogP contribution < -0.4 is 14.7 Å². The molecule has 4 heteroatoms. The summed E-state index contributed by atoms with van der Waals surface area (Å²) in [5.41, 5.74) is 25.6. The summed E-state index contributed by atoms with van der Waals surface area (Å²) >= 11 is 0. The van der Waals surface area contributed by atoms with Crippen LogP contribution in [0.1, 0.15) is 69.2 Å². The molecule has 0 spiro atoms. The lowest BCUT2D eigenvalue weighted by atomic mass is 9.85. The molecule has 0 saturated heterocycles. The molecule has 1 heterocycles. The van der Waals surface area contributed by atoms with Crippen LogP contribution in [-0.4, -0.2) is 4.98 Å². The minimum absolute atomic E-state index is 0.00642. The third-order valence-electron chi connectivity index (χ3n) is 19.9. The number of aromatic nitrogens is 1. The molecule has 16 rings (SSSR count). The molecule has 1 aromatic heterocycles. The molecule has 2 unspecified atom stereocenters. The molecule has 2 aliphatic rings. The van der Waals surface area contributed by atoms with Gasteiger partial charge in [-0.1, -0.05) is 235 Å². The van der Waals surface area contributed by atoms with Crippen LogP contribution in [0.5, 0.6) is 0 Å². The van der Waals surface area contributed by atoms with E-state index in [2.05, 4.69) is 380 Å². The standard InChI is InChI=1S/C70H62N4.C23H18/c1-45-17-27-58(28-18-45)72(59-29-19-46(2)20-30-59)64-39-56(40-65(42-64)73(60-31-21-47(3)22-32-60)61-33-23-48(4)24-34-61)68-49(5)69(51(7)71-50(68)6)57-41-67(66-44-70(66,8)43-57)74(62-35-25-52-13-9-11-15-54(52)37-62)63-36-26-53-14-10-12-16-55(53)38-63;1-3-10-22-16-18(12-14-20(22)8-1)6-5-7-19-13-15-21-9-2-4-11-23(21)17-19/h9-43,66H,44H2,1-8H3;1-6,8-17H,7H2/b;6-5+. The Morgan fingerprint density at radius 1 is 0.371 bits per heavy atom. The Balaban J connectivity index is 0.000000281. The van der Waals surface area contributed by atoms with E-state index in [0.29, 0.717) is 5.92 Å². The predicted molar refractivity (Wildman–Crippen MR) is 415 cm³/mol. The lowest BCUT2D eigenvalue weighted by Gasteiger charge is -2.32. The molecule has 1 saturated carbocycles.